The van der Waals surface area contributed by atoms with Crippen molar-refractivity contribution in [3.8, 4) is 11.4 Å². The summed E-state index contributed by atoms with van der Waals surface area (Å²) in [5, 5.41) is 17.2. The molecule has 3 aromatic rings. The van der Waals surface area contributed by atoms with Gasteiger partial charge < -0.3 is 10.1 Å². The highest BCUT2D eigenvalue weighted by molar-refractivity contribution is 7.16. The maximum absolute atomic E-state index is 5.72. The molecule has 1 N–H and O–H groups in total. The first-order chi connectivity index (χ1) is 9.92. The van der Waals surface area contributed by atoms with E-state index in [9.17, 15) is 0 Å². The number of hydrogen-bond acceptors (Lipinski definition) is 7. The number of rotatable bonds is 2. The Kier molecular flexibility index (Phi) is 2.91. The summed E-state index contributed by atoms with van der Waals surface area (Å²) < 4.78 is 7.48. The van der Waals surface area contributed by atoms with E-state index in [-0.39, 0.29) is 6.10 Å². The van der Waals surface area contributed by atoms with Gasteiger partial charge in [0.1, 0.15) is 11.1 Å². The molecule has 4 heterocycles. The minimum absolute atomic E-state index is 0.00259. The number of nitrogens with one attached hydrogen (secondary N) is 1. The Morgan fingerprint density at radius 1 is 1.40 bits per heavy atom. The zero-order valence-corrected chi connectivity index (χ0v) is 11.4. The molecule has 0 radical (unpaired) electrons. The first-order valence-electron chi connectivity index (χ1n) is 6.37. The molecule has 1 unspecified atom stereocenters. The minimum atomic E-state index is -0.00259. The van der Waals surface area contributed by atoms with Gasteiger partial charge in [-0.05, 0) is 12.1 Å². The van der Waals surface area contributed by atoms with Crippen molar-refractivity contribution in [3.05, 3.63) is 29.5 Å². The molecule has 1 atom stereocenters. The van der Waals surface area contributed by atoms with Crippen LogP contribution in [-0.4, -0.2) is 44.5 Å². The Morgan fingerprint density at radius 2 is 2.40 bits per heavy atom. The fourth-order valence-electron chi connectivity index (χ4n) is 2.16. The summed E-state index contributed by atoms with van der Waals surface area (Å²) in [5.74, 6) is 0.708. The van der Waals surface area contributed by atoms with Crippen molar-refractivity contribution in [2.24, 2.45) is 0 Å². The molecule has 8 heteroatoms. The summed E-state index contributed by atoms with van der Waals surface area (Å²) in [6, 6.07) is 3.82. The Labute approximate surface area is 118 Å². The number of morpholine rings is 1. The second-order valence-corrected chi connectivity index (χ2v) is 5.45. The van der Waals surface area contributed by atoms with Crippen LogP contribution in [0, 0.1) is 0 Å². The van der Waals surface area contributed by atoms with Crippen molar-refractivity contribution in [1.82, 2.24) is 30.1 Å². The fourth-order valence-corrected chi connectivity index (χ4v) is 3.05. The molecule has 1 saturated heterocycles. The molecule has 1 fully saturated rings. The van der Waals surface area contributed by atoms with E-state index in [0.717, 1.165) is 28.6 Å². The van der Waals surface area contributed by atoms with Gasteiger partial charge in [0, 0.05) is 31.0 Å². The third-order valence-corrected chi connectivity index (χ3v) is 4.12. The van der Waals surface area contributed by atoms with Crippen LogP contribution in [0.25, 0.3) is 16.3 Å². The lowest BCUT2D eigenvalue weighted by Crippen LogP contribution is -2.33. The Hall–Kier alpha value is -1.90. The highest BCUT2D eigenvalue weighted by atomic mass is 32.1. The highest BCUT2D eigenvalue weighted by Gasteiger charge is 2.22. The largest absolute Gasteiger partial charge is 0.368 e. The Morgan fingerprint density at radius 3 is 3.20 bits per heavy atom. The van der Waals surface area contributed by atoms with Crippen molar-refractivity contribution in [1.29, 1.82) is 0 Å². The van der Waals surface area contributed by atoms with Crippen molar-refractivity contribution in [2.45, 2.75) is 6.10 Å². The van der Waals surface area contributed by atoms with Crippen molar-refractivity contribution in [3.63, 3.8) is 0 Å². The first-order valence-corrected chi connectivity index (χ1v) is 7.18. The molecule has 1 aliphatic heterocycles. The van der Waals surface area contributed by atoms with Crippen LogP contribution in [0.1, 0.15) is 11.1 Å². The van der Waals surface area contributed by atoms with Crippen LogP contribution in [0.4, 0.5) is 0 Å². The standard InChI is InChI=1S/C12H12N6OS/c1-2-8(6-13-3-1)10-15-16-12-18(10)17-11(20-12)9-7-14-4-5-19-9/h1-3,6,9,14H,4-5,7H2. The van der Waals surface area contributed by atoms with E-state index in [1.165, 1.54) is 11.3 Å². The topological polar surface area (TPSA) is 77.2 Å². The summed E-state index contributed by atoms with van der Waals surface area (Å²) in [4.78, 5) is 4.88. The van der Waals surface area contributed by atoms with Gasteiger partial charge in [0.15, 0.2) is 5.82 Å². The molecule has 7 nitrogen and oxygen atoms in total. The first kappa shape index (κ1) is 11.9. The lowest BCUT2D eigenvalue weighted by molar-refractivity contribution is 0.0270. The second kappa shape index (κ2) is 4.89. The van der Waals surface area contributed by atoms with E-state index >= 15 is 0 Å². The van der Waals surface area contributed by atoms with Crippen LogP contribution in [-0.2, 0) is 4.74 Å². The summed E-state index contributed by atoms with van der Waals surface area (Å²) in [6.07, 6.45) is 3.49. The predicted molar refractivity (Wildman–Crippen MR) is 73.5 cm³/mol. The average Bonchev–Trinajstić information content (AvgIpc) is 3.09. The third-order valence-electron chi connectivity index (χ3n) is 3.13. The van der Waals surface area contributed by atoms with E-state index in [1.807, 2.05) is 12.1 Å². The molecule has 20 heavy (non-hydrogen) atoms. The average molecular weight is 288 g/mol. The van der Waals surface area contributed by atoms with E-state index in [1.54, 1.807) is 16.9 Å². The molecule has 0 amide bonds. The smallest absolute Gasteiger partial charge is 0.235 e. The number of aromatic nitrogens is 5. The zero-order chi connectivity index (χ0) is 13.4. The SMILES string of the molecule is c1cncc(-c2nnc3sc(C4CNCCO4)nn23)c1. The van der Waals surface area contributed by atoms with Gasteiger partial charge in [0.05, 0.1) is 6.61 Å². The number of fused-ring (bicyclic) bond motifs is 1. The van der Waals surface area contributed by atoms with E-state index < -0.39 is 0 Å². The van der Waals surface area contributed by atoms with Crippen molar-refractivity contribution < 1.29 is 4.74 Å². The van der Waals surface area contributed by atoms with Crippen LogP contribution >= 0.6 is 11.3 Å². The monoisotopic (exact) mass is 288 g/mol. The zero-order valence-electron chi connectivity index (χ0n) is 10.6. The van der Waals surface area contributed by atoms with Gasteiger partial charge in [-0.15, -0.1) is 10.2 Å². The molecule has 3 aromatic heterocycles. The second-order valence-electron chi connectivity index (χ2n) is 4.46. The molecule has 0 bridgehead atoms. The van der Waals surface area contributed by atoms with Gasteiger partial charge in [-0.25, -0.2) is 0 Å². The lowest BCUT2D eigenvalue weighted by Gasteiger charge is -2.21. The number of ether oxygens (including phenoxy) is 1. The Balaban J connectivity index is 1.75. The molecular formula is C12H12N6OS. The third kappa shape index (κ3) is 1.98. The molecule has 0 spiro atoms. The molecule has 0 saturated carbocycles. The van der Waals surface area contributed by atoms with Crippen LogP contribution < -0.4 is 5.32 Å². The van der Waals surface area contributed by atoms with Gasteiger partial charge >= 0.3 is 0 Å². The minimum Gasteiger partial charge on any atom is -0.368 e. The highest BCUT2D eigenvalue weighted by Crippen LogP contribution is 2.26. The van der Waals surface area contributed by atoms with E-state index in [0.29, 0.717) is 12.4 Å². The molecule has 102 valence electrons. The molecule has 0 aliphatic carbocycles. The molecular weight excluding hydrogens is 276 g/mol. The van der Waals surface area contributed by atoms with Crippen LogP contribution in [0.5, 0.6) is 0 Å². The lowest BCUT2D eigenvalue weighted by atomic mass is 10.3. The van der Waals surface area contributed by atoms with E-state index in [2.05, 4.69) is 25.6 Å². The normalized spacial score (nSPS) is 19.5. The summed E-state index contributed by atoms with van der Waals surface area (Å²) >= 11 is 1.51. The van der Waals surface area contributed by atoms with Crippen LogP contribution in [0.15, 0.2) is 24.5 Å². The van der Waals surface area contributed by atoms with Gasteiger partial charge in [-0.2, -0.15) is 9.61 Å². The fraction of sp³-hybridized carbons (Fsp3) is 0.333. The maximum atomic E-state index is 5.72. The van der Waals surface area contributed by atoms with Crippen LogP contribution in [0.2, 0.25) is 0 Å². The molecule has 0 aromatic carbocycles. The summed E-state index contributed by atoms with van der Waals surface area (Å²) in [6.45, 7) is 2.38. The van der Waals surface area contributed by atoms with Gasteiger partial charge in [0.25, 0.3) is 0 Å². The van der Waals surface area contributed by atoms with Crippen LogP contribution in [0.3, 0.4) is 0 Å². The van der Waals surface area contributed by atoms with Gasteiger partial charge in [-0.1, -0.05) is 11.3 Å². The van der Waals surface area contributed by atoms with Gasteiger partial charge in [0.2, 0.25) is 4.96 Å². The van der Waals surface area contributed by atoms with Gasteiger partial charge in [-0.3, -0.25) is 4.98 Å². The summed E-state index contributed by atoms with van der Waals surface area (Å²) in [7, 11) is 0. The summed E-state index contributed by atoms with van der Waals surface area (Å²) in [5.41, 5.74) is 0.902. The quantitative estimate of drug-likeness (QED) is 0.755. The maximum Gasteiger partial charge on any atom is 0.235 e. The Bertz CT molecular complexity index is 718. The van der Waals surface area contributed by atoms with Crippen molar-refractivity contribution >= 4 is 16.3 Å². The number of nitrogens with zero attached hydrogens (tertiary/aromatic N) is 5. The molecule has 4 rings (SSSR count). The number of pyridine rings is 1. The van der Waals surface area contributed by atoms with Crippen molar-refractivity contribution in [2.75, 3.05) is 19.7 Å². The number of hydrogen-bond donors (Lipinski definition) is 1. The van der Waals surface area contributed by atoms with E-state index in [4.69, 9.17) is 4.74 Å². The molecule has 1 aliphatic rings. The predicted octanol–water partition coefficient (Wildman–Crippen LogP) is 0.909.